The van der Waals surface area contributed by atoms with Crippen LogP contribution in [0.15, 0.2) is 59.4 Å². The molecule has 0 spiro atoms. The molecule has 0 unspecified atom stereocenters. The fourth-order valence-electron chi connectivity index (χ4n) is 3.23. The summed E-state index contributed by atoms with van der Waals surface area (Å²) in [6.07, 6.45) is 0. The van der Waals surface area contributed by atoms with Gasteiger partial charge in [-0.15, -0.1) is 5.10 Å². The highest BCUT2D eigenvalue weighted by Gasteiger charge is 2.18. The molecule has 4 aromatic rings. The molecule has 0 aliphatic rings. The summed E-state index contributed by atoms with van der Waals surface area (Å²) in [4.78, 5) is 28.0. The number of anilines is 1. The van der Waals surface area contributed by atoms with Gasteiger partial charge in [0, 0.05) is 5.56 Å². The molecule has 7 nitrogen and oxygen atoms in total. The highest BCUT2D eigenvalue weighted by atomic mass is 35.5. The van der Waals surface area contributed by atoms with Gasteiger partial charge in [0.25, 0.3) is 5.91 Å². The number of aromatic amines is 1. The second kappa shape index (κ2) is 9.31. The third-order valence-corrected chi connectivity index (χ3v) is 5.78. The molecule has 2 N–H and O–H groups in total. The van der Waals surface area contributed by atoms with Crippen LogP contribution < -0.4 is 15.7 Å². The van der Waals surface area contributed by atoms with Gasteiger partial charge in [-0.1, -0.05) is 53.0 Å². The number of carbonyl (C=O) groups excluding carboxylic acids is 1. The Morgan fingerprint density at radius 2 is 1.76 bits per heavy atom. The quantitative estimate of drug-likeness (QED) is 0.362. The molecule has 1 aromatic heterocycles. The maximum Gasteiger partial charge on any atom is 0.348 e. The Morgan fingerprint density at radius 1 is 1.03 bits per heavy atom. The third-order valence-electron chi connectivity index (χ3n) is 4.86. The van der Waals surface area contributed by atoms with E-state index in [1.807, 2.05) is 13.0 Å². The Morgan fingerprint density at radius 3 is 2.42 bits per heavy atom. The van der Waals surface area contributed by atoms with E-state index in [1.54, 1.807) is 48.5 Å². The number of nitrogens with zero attached hydrogens (tertiary/aromatic N) is 2. The van der Waals surface area contributed by atoms with Crippen molar-refractivity contribution in [1.82, 2.24) is 14.8 Å². The minimum atomic E-state index is -0.519. The smallest absolute Gasteiger partial charge is 0.348 e. The van der Waals surface area contributed by atoms with E-state index in [1.165, 1.54) is 7.11 Å². The van der Waals surface area contributed by atoms with Crippen LogP contribution in [0, 0.1) is 6.92 Å². The largest absolute Gasteiger partial charge is 0.496 e. The molecule has 0 fully saturated rings. The molecular weight excluding hydrogens is 487 g/mol. The van der Waals surface area contributed by atoms with Crippen LogP contribution in [-0.4, -0.2) is 27.8 Å². The zero-order chi connectivity index (χ0) is 23.7. The van der Waals surface area contributed by atoms with E-state index in [2.05, 4.69) is 15.4 Å². The predicted molar refractivity (Wildman–Crippen MR) is 130 cm³/mol. The van der Waals surface area contributed by atoms with Crippen LogP contribution in [0.1, 0.15) is 15.9 Å². The summed E-state index contributed by atoms with van der Waals surface area (Å²) in [5, 5.41) is 8.08. The minimum absolute atomic E-state index is 0.253. The molecule has 0 aliphatic heterocycles. The van der Waals surface area contributed by atoms with E-state index in [0.29, 0.717) is 22.0 Å². The number of halogens is 3. The zero-order valence-electron chi connectivity index (χ0n) is 17.4. The van der Waals surface area contributed by atoms with Gasteiger partial charge in [-0.2, -0.15) is 4.68 Å². The molecule has 1 heterocycles. The monoisotopic (exact) mass is 502 g/mol. The molecule has 33 heavy (non-hydrogen) atoms. The van der Waals surface area contributed by atoms with Gasteiger partial charge >= 0.3 is 5.69 Å². The summed E-state index contributed by atoms with van der Waals surface area (Å²) in [6, 6.07) is 15.0. The van der Waals surface area contributed by atoms with E-state index in [4.69, 9.17) is 39.5 Å². The fraction of sp³-hybridized carbons (Fsp3) is 0.0870. The summed E-state index contributed by atoms with van der Waals surface area (Å²) in [7, 11) is 1.44. The van der Waals surface area contributed by atoms with Crippen molar-refractivity contribution in [3.8, 4) is 22.8 Å². The van der Waals surface area contributed by atoms with Crippen LogP contribution in [0.3, 0.4) is 0 Å². The van der Waals surface area contributed by atoms with Gasteiger partial charge in [-0.25, -0.2) is 4.79 Å². The van der Waals surface area contributed by atoms with Crippen LogP contribution in [0.5, 0.6) is 5.75 Å². The number of ether oxygens (including phenoxy) is 1. The number of hydrogen-bond acceptors (Lipinski definition) is 4. The average molecular weight is 504 g/mol. The number of para-hydroxylation sites is 1. The molecule has 0 atom stereocenters. The molecule has 0 radical (unpaired) electrons. The molecule has 0 aliphatic carbocycles. The lowest BCUT2D eigenvalue weighted by Crippen LogP contribution is -2.16. The highest BCUT2D eigenvalue weighted by Crippen LogP contribution is 2.30. The lowest BCUT2D eigenvalue weighted by molar-refractivity contribution is 0.102. The number of hydrogen-bond donors (Lipinski definition) is 2. The predicted octanol–water partition coefficient (Wildman–Crippen LogP) is 5.76. The van der Waals surface area contributed by atoms with E-state index in [0.717, 1.165) is 10.2 Å². The van der Waals surface area contributed by atoms with E-state index < -0.39 is 11.6 Å². The molecule has 10 heteroatoms. The molecule has 0 saturated carbocycles. The van der Waals surface area contributed by atoms with Crippen molar-refractivity contribution < 1.29 is 9.53 Å². The number of methoxy groups -OCH3 is 1. The van der Waals surface area contributed by atoms with Crippen molar-refractivity contribution >= 4 is 46.4 Å². The summed E-state index contributed by atoms with van der Waals surface area (Å²) in [5.74, 6) is 0.147. The van der Waals surface area contributed by atoms with Crippen LogP contribution in [-0.2, 0) is 0 Å². The molecule has 1 amide bonds. The summed E-state index contributed by atoms with van der Waals surface area (Å²) >= 11 is 18.6. The van der Waals surface area contributed by atoms with Gasteiger partial charge < -0.3 is 10.1 Å². The Labute approximate surface area is 203 Å². The number of amides is 1. The molecule has 0 bridgehead atoms. The van der Waals surface area contributed by atoms with Gasteiger partial charge in [0.2, 0.25) is 0 Å². The van der Waals surface area contributed by atoms with Crippen LogP contribution in [0.4, 0.5) is 5.69 Å². The van der Waals surface area contributed by atoms with Gasteiger partial charge in [0.1, 0.15) is 11.4 Å². The van der Waals surface area contributed by atoms with Crippen LogP contribution in [0.2, 0.25) is 15.1 Å². The Hall–Kier alpha value is -3.26. The first kappa shape index (κ1) is 22.9. The summed E-state index contributed by atoms with van der Waals surface area (Å²) in [6.45, 7) is 1.91. The van der Waals surface area contributed by atoms with Crippen molar-refractivity contribution in [3.63, 3.8) is 0 Å². The van der Waals surface area contributed by atoms with Gasteiger partial charge in [-0.3, -0.25) is 9.78 Å². The third kappa shape index (κ3) is 4.61. The first-order valence-corrected chi connectivity index (χ1v) is 10.8. The van der Waals surface area contributed by atoms with E-state index in [9.17, 15) is 9.59 Å². The van der Waals surface area contributed by atoms with E-state index >= 15 is 0 Å². The van der Waals surface area contributed by atoms with Crippen molar-refractivity contribution in [2.24, 2.45) is 0 Å². The first-order valence-electron chi connectivity index (χ1n) is 9.68. The number of carbonyl (C=O) groups is 1. The number of rotatable bonds is 5. The average Bonchev–Trinajstić information content (AvgIpc) is 3.16. The SMILES string of the molecule is COc1cc(-c2nn(-c3c(Cl)cccc3Cl)c(=O)[nH]2)ccc1C(=O)Nc1ccc(C)cc1Cl. The Bertz CT molecular complexity index is 1410. The number of nitrogens with one attached hydrogen (secondary N) is 2. The minimum Gasteiger partial charge on any atom is -0.496 e. The normalized spacial score (nSPS) is 10.8. The van der Waals surface area contributed by atoms with Crippen LogP contribution in [0.25, 0.3) is 17.1 Å². The lowest BCUT2D eigenvalue weighted by Gasteiger charge is -2.12. The second-order valence-electron chi connectivity index (χ2n) is 7.11. The standard InChI is InChI=1S/C23H17Cl3N4O3/c1-12-6-9-18(17(26)10-12)27-22(31)14-8-7-13(11-19(14)33-2)21-28-23(32)30(29-21)20-15(24)4-3-5-16(20)25/h3-11H,1-2H3,(H,27,31)(H,28,29,32). The topological polar surface area (TPSA) is 89.0 Å². The highest BCUT2D eigenvalue weighted by molar-refractivity contribution is 6.37. The maximum atomic E-state index is 12.8. The molecule has 168 valence electrons. The van der Waals surface area contributed by atoms with Crippen LogP contribution >= 0.6 is 34.8 Å². The summed E-state index contributed by atoms with van der Waals surface area (Å²) < 4.78 is 6.50. The van der Waals surface area contributed by atoms with Gasteiger partial charge in [0.05, 0.1) is 33.4 Å². The number of H-pyrrole nitrogens is 1. The molecule has 0 saturated heterocycles. The fourth-order valence-corrected chi connectivity index (χ4v) is 4.07. The first-order chi connectivity index (χ1) is 15.8. The molecule has 4 rings (SSSR count). The lowest BCUT2D eigenvalue weighted by atomic mass is 10.1. The molecule has 3 aromatic carbocycles. The number of benzene rings is 3. The Kier molecular flexibility index (Phi) is 6.47. The number of aryl methyl sites for hydroxylation is 1. The molecular formula is C23H17Cl3N4O3. The second-order valence-corrected chi connectivity index (χ2v) is 8.33. The van der Waals surface area contributed by atoms with Crippen molar-refractivity contribution in [3.05, 3.63) is 91.3 Å². The Balaban J connectivity index is 1.68. The number of aromatic nitrogens is 3. The van der Waals surface area contributed by atoms with Crippen molar-refractivity contribution in [2.45, 2.75) is 6.92 Å². The van der Waals surface area contributed by atoms with E-state index in [-0.39, 0.29) is 27.1 Å². The van der Waals surface area contributed by atoms with Crippen molar-refractivity contribution in [2.75, 3.05) is 12.4 Å². The maximum absolute atomic E-state index is 12.8. The zero-order valence-corrected chi connectivity index (χ0v) is 19.7. The van der Waals surface area contributed by atoms with Crippen molar-refractivity contribution in [1.29, 1.82) is 0 Å². The summed E-state index contributed by atoms with van der Waals surface area (Å²) in [5.41, 5.74) is 2.02. The van der Waals surface area contributed by atoms with Gasteiger partial charge in [-0.05, 0) is 48.9 Å². The van der Waals surface area contributed by atoms with Gasteiger partial charge in [0.15, 0.2) is 5.82 Å².